The van der Waals surface area contributed by atoms with E-state index < -0.39 is 0 Å². The molecule has 0 bridgehead atoms. The van der Waals surface area contributed by atoms with Crippen LogP contribution in [0.4, 0.5) is 0 Å². The average molecular weight is 327 g/mol. The maximum atomic E-state index is 12.6. The summed E-state index contributed by atoms with van der Waals surface area (Å²) >= 11 is 0. The van der Waals surface area contributed by atoms with Gasteiger partial charge in [-0.1, -0.05) is 6.07 Å². The maximum Gasteiger partial charge on any atom is 0.228 e. The van der Waals surface area contributed by atoms with E-state index in [2.05, 4.69) is 10.1 Å². The van der Waals surface area contributed by atoms with Crippen molar-refractivity contribution in [3.63, 3.8) is 0 Å². The molecule has 0 unspecified atom stereocenters. The van der Waals surface area contributed by atoms with E-state index >= 15 is 0 Å². The molecule has 0 spiro atoms. The lowest BCUT2D eigenvalue weighted by Gasteiger charge is -2.21. The van der Waals surface area contributed by atoms with Crippen LogP contribution in [0.3, 0.4) is 0 Å². The van der Waals surface area contributed by atoms with E-state index in [0.29, 0.717) is 19.6 Å². The fourth-order valence-electron chi connectivity index (χ4n) is 2.99. The van der Waals surface area contributed by atoms with E-state index in [9.17, 15) is 9.59 Å². The van der Waals surface area contributed by atoms with Crippen LogP contribution in [0.25, 0.3) is 0 Å². The van der Waals surface area contributed by atoms with Gasteiger partial charge in [0.05, 0.1) is 24.4 Å². The second-order valence-corrected chi connectivity index (χ2v) is 6.21. The first-order valence-electron chi connectivity index (χ1n) is 7.93. The van der Waals surface area contributed by atoms with Crippen LogP contribution in [0.15, 0.2) is 36.8 Å². The Kier molecular flexibility index (Phi) is 4.59. The van der Waals surface area contributed by atoms with Crippen LogP contribution >= 0.6 is 0 Å². The molecule has 7 heteroatoms. The van der Waals surface area contributed by atoms with E-state index in [1.54, 1.807) is 33.9 Å². The Balaban J connectivity index is 1.59. The highest BCUT2D eigenvalue weighted by Crippen LogP contribution is 2.22. The Hall–Kier alpha value is -2.70. The van der Waals surface area contributed by atoms with Crippen molar-refractivity contribution in [1.82, 2.24) is 24.6 Å². The molecule has 2 aromatic heterocycles. The summed E-state index contributed by atoms with van der Waals surface area (Å²) < 4.78 is 1.71. The zero-order chi connectivity index (χ0) is 17.1. The number of aromatic nitrogens is 3. The summed E-state index contributed by atoms with van der Waals surface area (Å²) in [7, 11) is 3.61. The summed E-state index contributed by atoms with van der Waals surface area (Å²) in [6.45, 7) is 1.40. The number of carbonyl (C=O) groups excluding carboxylic acids is 2. The second kappa shape index (κ2) is 6.82. The third kappa shape index (κ3) is 3.61. The summed E-state index contributed by atoms with van der Waals surface area (Å²) in [5.41, 5.74) is 1.81. The predicted octanol–water partition coefficient (Wildman–Crippen LogP) is 0.822. The number of rotatable bonds is 5. The van der Waals surface area contributed by atoms with Gasteiger partial charge in [0.15, 0.2) is 0 Å². The smallest absolute Gasteiger partial charge is 0.228 e. The molecule has 0 aliphatic carbocycles. The number of aryl methyl sites for hydroxylation is 1. The van der Waals surface area contributed by atoms with Gasteiger partial charge in [0, 0.05) is 51.6 Å². The van der Waals surface area contributed by atoms with E-state index in [4.69, 9.17) is 0 Å². The van der Waals surface area contributed by atoms with E-state index in [-0.39, 0.29) is 24.2 Å². The van der Waals surface area contributed by atoms with Crippen LogP contribution in [0, 0.1) is 5.92 Å². The van der Waals surface area contributed by atoms with E-state index in [0.717, 1.165) is 11.3 Å². The molecule has 126 valence electrons. The highest BCUT2D eigenvalue weighted by atomic mass is 16.2. The van der Waals surface area contributed by atoms with Gasteiger partial charge in [-0.15, -0.1) is 0 Å². The Morgan fingerprint density at radius 3 is 2.92 bits per heavy atom. The molecule has 1 saturated heterocycles. The third-order valence-electron chi connectivity index (χ3n) is 4.20. The van der Waals surface area contributed by atoms with Crippen molar-refractivity contribution in [1.29, 1.82) is 0 Å². The molecule has 7 nitrogen and oxygen atoms in total. The Morgan fingerprint density at radius 1 is 1.42 bits per heavy atom. The average Bonchev–Trinajstić information content (AvgIpc) is 3.14. The number of likely N-dealkylation sites (tertiary alicyclic amines) is 1. The molecule has 2 amide bonds. The van der Waals surface area contributed by atoms with Crippen molar-refractivity contribution in [2.45, 2.75) is 19.5 Å². The Labute approximate surface area is 140 Å². The number of hydrogen-bond acceptors (Lipinski definition) is 4. The van der Waals surface area contributed by atoms with Gasteiger partial charge in [0.25, 0.3) is 0 Å². The van der Waals surface area contributed by atoms with Crippen LogP contribution < -0.4 is 0 Å². The summed E-state index contributed by atoms with van der Waals surface area (Å²) in [6.07, 6.45) is 5.61. The van der Waals surface area contributed by atoms with Crippen LogP contribution in [-0.2, 0) is 29.7 Å². The minimum absolute atomic E-state index is 0.00396. The van der Waals surface area contributed by atoms with Crippen LogP contribution in [-0.4, -0.2) is 50.0 Å². The van der Waals surface area contributed by atoms with E-state index in [1.165, 1.54) is 0 Å². The molecular weight excluding hydrogens is 306 g/mol. The SMILES string of the molecule is CN(Cc1cnn(C)c1)C(=O)[C@@H]1CC(=O)N(Cc2ccccn2)C1. The fraction of sp³-hybridized carbons (Fsp3) is 0.412. The largest absolute Gasteiger partial charge is 0.341 e. The van der Waals surface area contributed by atoms with Gasteiger partial charge in [0.1, 0.15) is 0 Å². The molecule has 1 atom stereocenters. The van der Waals surface area contributed by atoms with Gasteiger partial charge < -0.3 is 9.80 Å². The van der Waals surface area contributed by atoms with Crippen LogP contribution in [0.5, 0.6) is 0 Å². The lowest BCUT2D eigenvalue weighted by atomic mass is 10.1. The molecule has 0 N–H and O–H groups in total. The molecule has 3 rings (SSSR count). The zero-order valence-electron chi connectivity index (χ0n) is 13.9. The number of carbonyl (C=O) groups is 2. The monoisotopic (exact) mass is 327 g/mol. The fourth-order valence-corrected chi connectivity index (χ4v) is 2.99. The lowest BCUT2D eigenvalue weighted by Crippen LogP contribution is -2.34. The van der Waals surface area contributed by atoms with Crippen LogP contribution in [0.1, 0.15) is 17.7 Å². The minimum Gasteiger partial charge on any atom is -0.341 e. The molecule has 0 saturated carbocycles. The quantitative estimate of drug-likeness (QED) is 0.815. The molecule has 1 aliphatic heterocycles. The molecule has 1 aliphatic rings. The van der Waals surface area contributed by atoms with Crippen molar-refractivity contribution in [2.75, 3.05) is 13.6 Å². The number of pyridine rings is 1. The van der Waals surface area contributed by atoms with Crippen LogP contribution in [0.2, 0.25) is 0 Å². The molecular formula is C17H21N5O2. The summed E-state index contributed by atoms with van der Waals surface area (Å²) in [5.74, 6) is -0.285. The molecule has 3 heterocycles. The van der Waals surface area contributed by atoms with Gasteiger partial charge in [-0.2, -0.15) is 5.10 Å². The predicted molar refractivity (Wildman–Crippen MR) is 87.4 cm³/mol. The molecule has 1 fully saturated rings. The first-order valence-corrected chi connectivity index (χ1v) is 7.93. The molecule has 0 radical (unpaired) electrons. The third-order valence-corrected chi connectivity index (χ3v) is 4.20. The highest BCUT2D eigenvalue weighted by Gasteiger charge is 2.35. The summed E-state index contributed by atoms with van der Waals surface area (Å²) in [5, 5.41) is 4.11. The van der Waals surface area contributed by atoms with Gasteiger partial charge in [-0.05, 0) is 12.1 Å². The highest BCUT2D eigenvalue weighted by molar-refractivity contribution is 5.89. The number of amides is 2. The standard InChI is InChI=1S/C17H21N5O2/c1-20(9-13-8-19-21(2)10-13)17(24)14-7-16(23)22(11-14)12-15-5-3-4-6-18-15/h3-6,8,10,14H,7,9,11-12H2,1-2H3/t14-/m1/s1. The van der Waals surface area contributed by atoms with Gasteiger partial charge in [0.2, 0.25) is 11.8 Å². The van der Waals surface area contributed by atoms with Crippen molar-refractivity contribution < 1.29 is 9.59 Å². The van der Waals surface area contributed by atoms with Gasteiger partial charge in [-0.25, -0.2) is 0 Å². The van der Waals surface area contributed by atoms with Crippen molar-refractivity contribution in [3.8, 4) is 0 Å². The first-order chi connectivity index (χ1) is 11.5. The molecule has 24 heavy (non-hydrogen) atoms. The second-order valence-electron chi connectivity index (χ2n) is 6.21. The Bertz CT molecular complexity index is 728. The summed E-state index contributed by atoms with van der Waals surface area (Å²) in [4.78, 5) is 32.4. The van der Waals surface area contributed by atoms with Gasteiger partial charge >= 0.3 is 0 Å². The van der Waals surface area contributed by atoms with E-state index in [1.807, 2.05) is 31.4 Å². The van der Waals surface area contributed by atoms with Gasteiger partial charge in [-0.3, -0.25) is 19.3 Å². The lowest BCUT2D eigenvalue weighted by molar-refractivity contribution is -0.135. The normalized spacial score (nSPS) is 17.3. The Morgan fingerprint density at radius 2 is 2.25 bits per heavy atom. The number of hydrogen-bond donors (Lipinski definition) is 0. The van der Waals surface area contributed by atoms with Crippen molar-refractivity contribution in [2.24, 2.45) is 13.0 Å². The topological polar surface area (TPSA) is 71.3 Å². The van der Waals surface area contributed by atoms with Crippen molar-refractivity contribution in [3.05, 3.63) is 48.0 Å². The zero-order valence-corrected chi connectivity index (χ0v) is 13.9. The maximum absolute atomic E-state index is 12.6. The summed E-state index contributed by atoms with van der Waals surface area (Å²) in [6, 6.07) is 5.62. The molecule has 0 aromatic carbocycles. The number of nitrogens with zero attached hydrogens (tertiary/aromatic N) is 5. The first kappa shape index (κ1) is 16.2. The molecule has 2 aromatic rings. The minimum atomic E-state index is -0.289. The van der Waals surface area contributed by atoms with Crippen molar-refractivity contribution >= 4 is 11.8 Å².